The highest BCUT2D eigenvalue weighted by molar-refractivity contribution is 7.14. The minimum Gasteiger partial charge on any atom is -0.467 e. The lowest BCUT2D eigenvalue weighted by Gasteiger charge is -2.21. The summed E-state index contributed by atoms with van der Waals surface area (Å²) in [4.78, 5) is 19.3. The standard InChI is InChI=1S/C20H16N2O2S2/c23-19(11-16-14-26-20(21-16)15-8-10-25-13-15)22(12-18-7-4-9-24-18)17-5-2-1-3-6-17/h1-10,13-14H,11-12H2. The zero-order chi connectivity index (χ0) is 17.8. The molecule has 0 aliphatic rings. The van der Waals surface area contributed by atoms with Crippen molar-refractivity contribution < 1.29 is 9.21 Å². The van der Waals surface area contributed by atoms with Gasteiger partial charge in [-0.25, -0.2) is 4.98 Å². The van der Waals surface area contributed by atoms with Crippen LogP contribution in [-0.4, -0.2) is 10.9 Å². The average Bonchev–Trinajstić information content (AvgIpc) is 3.42. The molecule has 4 nitrogen and oxygen atoms in total. The van der Waals surface area contributed by atoms with E-state index >= 15 is 0 Å². The molecule has 4 aromatic rings. The Morgan fingerprint density at radius 3 is 2.69 bits per heavy atom. The van der Waals surface area contributed by atoms with Crippen molar-refractivity contribution in [3.63, 3.8) is 0 Å². The van der Waals surface area contributed by atoms with Gasteiger partial charge in [-0.15, -0.1) is 11.3 Å². The Bertz CT molecular complexity index is 961. The third-order valence-electron chi connectivity index (χ3n) is 3.92. The van der Waals surface area contributed by atoms with E-state index in [1.807, 2.05) is 59.3 Å². The van der Waals surface area contributed by atoms with Gasteiger partial charge in [-0.05, 0) is 35.7 Å². The van der Waals surface area contributed by atoms with Gasteiger partial charge >= 0.3 is 0 Å². The van der Waals surface area contributed by atoms with Gasteiger partial charge in [-0.2, -0.15) is 11.3 Å². The Morgan fingerprint density at radius 1 is 1.08 bits per heavy atom. The third-order valence-corrected chi connectivity index (χ3v) is 5.54. The van der Waals surface area contributed by atoms with Gasteiger partial charge in [0.25, 0.3) is 0 Å². The molecule has 3 heterocycles. The van der Waals surface area contributed by atoms with Gasteiger partial charge in [-0.3, -0.25) is 4.79 Å². The van der Waals surface area contributed by atoms with Crippen molar-refractivity contribution in [2.75, 3.05) is 4.90 Å². The molecule has 0 unspecified atom stereocenters. The van der Waals surface area contributed by atoms with Crippen LogP contribution in [-0.2, 0) is 17.8 Å². The van der Waals surface area contributed by atoms with Gasteiger partial charge in [-0.1, -0.05) is 18.2 Å². The maximum Gasteiger partial charge on any atom is 0.233 e. The second-order valence-corrected chi connectivity index (χ2v) is 7.37. The molecule has 0 N–H and O–H groups in total. The van der Waals surface area contributed by atoms with Crippen LogP contribution in [0.25, 0.3) is 10.6 Å². The van der Waals surface area contributed by atoms with Gasteiger partial charge in [0.2, 0.25) is 5.91 Å². The first-order valence-corrected chi connectivity index (χ1v) is 9.96. The molecule has 0 bridgehead atoms. The highest BCUT2D eigenvalue weighted by Crippen LogP contribution is 2.26. The van der Waals surface area contributed by atoms with Gasteiger partial charge in [0.15, 0.2) is 0 Å². The van der Waals surface area contributed by atoms with E-state index in [2.05, 4.69) is 10.4 Å². The second kappa shape index (κ2) is 7.68. The minimum absolute atomic E-state index is 0.00484. The number of furan rings is 1. The molecule has 0 spiro atoms. The Balaban J connectivity index is 1.54. The summed E-state index contributed by atoms with van der Waals surface area (Å²) in [7, 11) is 0. The molecule has 0 saturated carbocycles. The quantitative estimate of drug-likeness (QED) is 0.459. The monoisotopic (exact) mass is 380 g/mol. The largest absolute Gasteiger partial charge is 0.467 e. The van der Waals surface area contributed by atoms with Crippen LogP contribution in [0, 0.1) is 0 Å². The van der Waals surface area contributed by atoms with Gasteiger partial charge < -0.3 is 9.32 Å². The first-order chi connectivity index (χ1) is 12.8. The summed E-state index contributed by atoms with van der Waals surface area (Å²) in [5, 5.41) is 7.01. The van der Waals surface area contributed by atoms with E-state index in [-0.39, 0.29) is 12.3 Å². The predicted octanol–water partition coefficient (Wildman–Crippen LogP) is 5.24. The summed E-state index contributed by atoms with van der Waals surface area (Å²) >= 11 is 3.21. The lowest BCUT2D eigenvalue weighted by atomic mass is 10.2. The Morgan fingerprint density at radius 2 is 1.96 bits per heavy atom. The van der Waals surface area contributed by atoms with E-state index in [1.54, 1.807) is 33.8 Å². The van der Waals surface area contributed by atoms with E-state index in [0.717, 1.165) is 27.7 Å². The van der Waals surface area contributed by atoms with E-state index in [9.17, 15) is 4.79 Å². The Kier molecular flexibility index (Phi) is 4.95. The highest BCUT2D eigenvalue weighted by Gasteiger charge is 2.19. The van der Waals surface area contributed by atoms with Gasteiger partial charge in [0.1, 0.15) is 10.8 Å². The van der Waals surface area contributed by atoms with Crippen LogP contribution in [0.5, 0.6) is 0 Å². The molecule has 130 valence electrons. The highest BCUT2D eigenvalue weighted by atomic mass is 32.1. The minimum atomic E-state index is -0.00484. The zero-order valence-corrected chi connectivity index (χ0v) is 15.5. The topological polar surface area (TPSA) is 46.3 Å². The van der Waals surface area contributed by atoms with Crippen LogP contribution in [0.15, 0.2) is 75.4 Å². The molecule has 0 saturated heterocycles. The normalized spacial score (nSPS) is 10.8. The van der Waals surface area contributed by atoms with Crippen LogP contribution in [0.2, 0.25) is 0 Å². The summed E-state index contributed by atoms with van der Waals surface area (Å²) in [5.41, 5.74) is 2.75. The van der Waals surface area contributed by atoms with Gasteiger partial charge in [0, 0.05) is 22.0 Å². The number of hydrogen-bond acceptors (Lipinski definition) is 5. The Labute approximate surface area is 159 Å². The Hall–Kier alpha value is -2.70. The molecular formula is C20H16N2O2S2. The molecule has 0 atom stereocenters. The number of amides is 1. The molecule has 0 fully saturated rings. The average molecular weight is 380 g/mol. The van der Waals surface area contributed by atoms with Crippen molar-refractivity contribution in [1.29, 1.82) is 0 Å². The van der Waals surface area contributed by atoms with Crippen LogP contribution >= 0.6 is 22.7 Å². The summed E-state index contributed by atoms with van der Waals surface area (Å²) in [6.07, 6.45) is 1.88. The number of hydrogen-bond donors (Lipinski definition) is 0. The molecule has 1 aromatic carbocycles. The molecule has 0 aliphatic carbocycles. The molecular weight excluding hydrogens is 364 g/mol. The summed E-state index contributed by atoms with van der Waals surface area (Å²) < 4.78 is 5.43. The first-order valence-electron chi connectivity index (χ1n) is 8.14. The van der Waals surface area contributed by atoms with Gasteiger partial charge in [0.05, 0.1) is 24.9 Å². The smallest absolute Gasteiger partial charge is 0.233 e. The van der Waals surface area contributed by atoms with Crippen molar-refractivity contribution in [1.82, 2.24) is 4.98 Å². The third kappa shape index (κ3) is 3.76. The summed E-state index contributed by atoms with van der Waals surface area (Å²) in [5.74, 6) is 0.745. The van der Waals surface area contributed by atoms with Crippen LogP contribution < -0.4 is 4.90 Å². The molecule has 0 aliphatic heterocycles. The number of rotatable bonds is 6. The number of benzene rings is 1. The van der Waals surface area contributed by atoms with E-state index in [4.69, 9.17) is 4.42 Å². The molecule has 6 heteroatoms. The van der Waals surface area contributed by atoms with Crippen LogP contribution in [0.1, 0.15) is 11.5 Å². The zero-order valence-electron chi connectivity index (χ0n) is 13.9. The number of carbonyl (C=O) groups excluding carboxylic acids is 1. The number of thiazole rings is 1. The first kappa shape index (κ1) is 16.8. The number of thiophene rings is 1. The SMILES string of the molecule is O=C(Cc1csc(-c2ccsc2)n1)N(Cc1ccco1)c1ccccc1. The maximum absolute atomic E-state index is 13.0. The van der Waals surface area contributed by atoms with Crippen LogP contribution in [0.4, 0.5) is 5.69 Å². The molecule has 0 radical (unpaired) electrons. The number of anilines is 1. The lowest BCUT2D eigenvalue weighted by molar-refractivity contribution is -0.118. The number of para-hydroxylation sites is 1. The summed E-state index contributed by atoms with van der Waals surface area (Å²) in [6, 6.07) is 15.4. The van der Waals surface area contributed by atoms with Crippen LogP contribution in [0.3, 0.4) is 0 Å². The maximum atomic E-state index is 13.0. The van der Waals surface area contributed by atoms with E-state index in [1.165, 1.54) is 0 Å². The number of nitrogens with zero attached hydrogens (tertiary/aromatic N) is 2. The number of aromatic nitrogens is 1. The molecule has 1 amide bonds. The van der Waals surface area contributed by atoms with Crippen molar-refractivity contribution >= 4 is 34.3 Å². The molecule has 4 rings (SSSR count). The summed E-state index contributed by atoms with van der Waals surface area (Å²) in [6.45, 7) is 0.400. The second-order valence-electron chi connectivity index (χ2n) is 5.73. The lowest BCUT2D eigenvalue weighted by Crippen LogP contribution is -2.31. The van der Waals surface area contributed by atoms with Crippen molar-refractivity contribution in [2.24, 2.45) is 0 Å². The molecule has 3 aromatic heterocycles. The van der Waals surface area contributed by atoms with Crippen molar-refractivity contribution in [3.05, 3.63) is 82.4 Å². The fourth-order valence-electron chi connectivity index (χ4n) is 2.65. The van der Waals surface area contributed by atoms with E-state index < -0.39 is 0 Å². The predicted molar refractivity (Wildman–Crippen MR) is 105 cm³/mol. The van der Waals surface area contributed by atoms with Crippen molar-refractivity contribution in [2.45, 2.75) is 13.0 Å². The van der Waals surface area contributed by atoms with E-state index in [0.29, 0.717) is 6.54 Å². The fraction of sp³-hybridized carbons (Fsp3) is 0.100. The van der Waals surface area contributed by atoms with Crippen molar-refractivity contribution in [3.8, 4) is 10.6 Å². The fourth-order valence-corrected chi connectivity index (χ4v) is 4.18. The number of carbonyl (C=O) groups is 1. The molecule has 26 heavy (non-hydrogen) atoms.